The van der Waals surface area contributed by atoms with Gasteiger partial charge in [0.15, 0.2) is 0 Å². The average molecular weight is 294 g/mol. The lowest BCUT2D eigenvalue weighted by Crippen LogP contribution is -2.53. The molecule has 1 N–H and O–H groups in total. The second kappa shape index (κ2) is 6.04. The summed E-state index contributed by atoms with van der Waals surface area (Å²) in [6.07, 6.45) is 8.64. The third kappa shape index (κ3) is 2.67. The number of amides is 3. The molecule has 0 aromatic rings. The molecule has 0 aromatic carbocycles. The Morgan fingerprint density at radius 1 is 1.50 bits per heavy atom. The van der Waals surface area contributed by atoms with E-state index in [2.05, 4.69) is 4.99 Å². The molecule has 6 nitrogen and oxygen atoms in total. The van der Waals surface area contributed by atoms with E-state index in [1.807, 2.05) is 6.26 Å². The van der Waals surface area contributed by atoms with E-state index in [1.165, 1.54) is 11.8 Å². The van der Waals surface area contributed by atoms with Gasteiger partial charge in [0.1, 0.15) is 6.04 Å². The van der Waals surface area contributed by atoms with Crippen molar-refractivity contribution in [1.29, 1.82) is 0 Å². The van der Waals surface area contributed by atoms with Crippen LogP contribution in [0.5, 0.6) is 0 Å². The Labute approximate surface area is 120 Å². The Morgan fingerprint density at radius 2 is 2.25 bits per heavy atom. The monoisotopic (exact) mass is 294 g/mol. The zero-order chi connectivity index (χ0) is 14.7. The minimum atomic E-state index is -1.19. The first-order valence-electron chi connectivity index (χ1n) is 6.08. The summed E-state index contributed by atoms with van der Waals surface area (Å²) in [5.41, 5.74) is 0.368. The number of hydrogen-bond donors (Lipinski definition) is 1. The molecule has 0 bridgehead atoms. The fraction of sp³-hybridized carbons (Fsp3) is 0.385. The Kier molecular flexibility index (Phi) is 4.39. The number of carboxylic acid groups (broad SMARTS) is 1. The van der Waals surface area contributed by atoms with Gasteiger partial charge in [-0.2, -0.15) is 16.8 Å². The quantitative estimate of drug-likeness (QED) is 0.826. The number of carbonyl (C=O) groups is 3. The molecule has 1 aliphatic carbocycles. The molecule has 2 rings (SSSR count). The first-order chi connectivity index (χ1) is 9.56. The highest BCUT2D eigenvalue weighted by atomic mass is 32.2. The number of rotatable bonds is 5. The smallest absolute Gasteiger partial charge is 0.351 e. The number of imide groups is 1. The van der Waals surface area contributed by atoms with Gasteiger partial charge in [0.25, 0.3) is 0 Å². The van der Waals surface area contributed by atoms with Gasteiger partial charge in [-0.05, 0) is 24.5 Å². The van der Waals surface area contributed by atoms with Crippen LogP contribution in [0.1, 0.15) is 6.42 Å². The summed E-state index contributed by atoms with van der Waals surface area (Å²) in [6.45, 7) is 0. The minimum absolute atomic E-state index is 0.213. The van der Waals surface area contributed by atoms with E-state index in [1.54, 1.807) is 24.3 Å². The SMILES string of the molecule is CSCC[C@@H](C(=O)O)N1C(=O)N=C2C=CC=CC2C1=O. The number of carboxylic acids is 1. The van der Waals surface area contributed by atoms with Crippen LogP contribution in [0.3, 0.4) is 0 Å². The predicted molar refractivity (Wildman–Crippen MR) is 75.9 cm³/mol. The topological polar surface area (TPSA) is 87.0 Å². The van der Waals surface area contributed by atoms with Gasteiger partial charge in [0, 0.05) is 0 Å². The Morgan fingerprint density at radius 3 is 2.90 bits per heavy atom. The van der Waals surface area contributed by atoms with Gasteiger partial charge in [0.05, 0.1) is 11.6 Å². The average Bonchev–Trinajstić information content (AvgIpc) is 2.42. The van der Waals surface area contributed by atoms with Crippen molar-refractivity contribution in [2.75, 3.05) is 12.0 Å². The Bertz CT molecular complexity index is 538. The van der Waals surface area contributed by atoms with Gasteiger partial charge in [0.2, 0.25) is 5.91 Å². The van der Waals surface area contributed by atoms with Crippen LogP contribution in [-0.4, -0.2) is 51.7 Å². The summed E-state index contributed by atoms with van der Waals surface area (Å²) in [4.78, 5) is 40.2. The van der Waals surface area contributed by atoms with Crippen LogP contribution in [0.15, 0.2) is 29.3 Å². The van der Waals surface area contributed by atoms with Crippen LogP contribution in [0.2, 0.25) is 0 Å². The van der Waals surface area contributed by atoms with Crippen LogP contribution in [0.25, 0.3) is 0 Å². The van der Waals surface area contributed by atoms with Crippen molar-refractivity contribution in [1.82, 2.24) is 4.90 Å². The maximum atomic E-state index is 12.3. The molecule has 0 aromatic heterocycles. The van der Waals surface area contributed by atoms with Crippen LogP contribution < -0.4 is 0 Å². The summed E-state index contributed by atoms with van der Waals surface area (Å²) in [6, 6.07) is -1.96. The lowest BCUT2D eigenvalue weighted by Gasteiger charge is -2.32. The van der Waals surface area contributed by atoms with Gasteiger partial charge in [-0.3, -0.25) is 4.79 Å². The number of allylic oxidation sites excluding steroid dienone is 3. The number of aliphatic carboxylic acids is 1. The van der Waals surface area contributed by atoms with Crippen LogP contribution in [0.4, 0.5) is 4.79 Å². The largest absolute Gasteiger partial charge is 0.480 e. The molecule has 20 heavy (non-hydrogen) atoms. The normalized spacial score (nSPS) is 22.6. The van der Waals surface area contributed by atoms with Crippen molar-refractivity contribution in [3.8, 4) is 0 Å². The summed E-state index contributed by atoms with van der Waals surface area (Å²) in [7, 11) is 0. The van der Waals surface area contributed by atoms with Crippen molar-refractivity contribution in [3.05, 3.63) is 24.3 Å². The Hall–Kier alpha value is -1.89. The number of urea groups is 1. The van der Waals surface area contributed by atoms with Crippen molar-refractivity contribution in [3.63, 3.8) is 0 Å². The molecule has 1 unspecified atom stereocenters. The molecule has 0 spiro atoms. The maximum absolute atomic E-state index is 12.3. The van der Waals surface area contributed by atoms with E-state index in [4.69, 9.17) is 0 Å². The zero-order valence-electron chi connectivity index (χ0n) is 10.9. The summed E-state index contributed by atoms with van der Waals surface area (Å²) in [5.74, 6) is -1.82. The predicted octanol–water partition coefficient (Wildman–Crippen LogP) is 1.34. The number of nitrogens with zero attached hydrogens (tertiary/aromatic N) is 2. The fourth-order valence-corrected chi connectivity index (χ4v) is 2.59. The molecule has 106 valence electrons. The molecule has 0 fully saturated rings. The van der Waals surface area contributed by atoms with E-state index in [0.29, 0.717) is 11.5 Å². The van der Waals surface area contributed by atoms with Crippen molar-refractivity contribution in [2.24, 2.45) is 10.9 Å². The summed E-state index contributed by atoms with van der Waals surface area (Å²) < 4.78 is 0. The van der Waals surface area contributed by atoms with Gasteiger partial charge in [-0.25, -0.2) is 14.5 Å². The molecule has 1 heterocycles. The molecule has 7 heteroatoms. The molecule has 0 saturated carbocycles. The standard InChI is InChI=1S/C13H14N2O4S/c1-20-7-6-10(12(17)18)15-11(16)8-4-2-3-5-9(8)14-13(15)19/h2-5,8,10H,6-7H2,1H3,(H,17,18)/t8?,10-/m0/s1. The number of fused-ring (bicyclic) bond motifs is 1. The first kappa shape index (κ1) is 14.5. The lowest BCUT2D eigenvalue weighted by molar-refractivity contribution is -0.148. The van der Waals surface area contributed by atoms with Crippen molar-refractivity contribution >= 4 is 35.4 Å². The third-order valence-corrected chi connectivity index (χ3v) is 3.77. The van der Waals surface area contributed by atoms with Gasteiger partial charge >= 0.3 is 12.0 Å². The molecule has 1 aliphatic heterocycles. The van der Waals surface area contributed by atoms with E-state index < -0.39 is 29.9 Å². The molecule has 2 atom stereocenters. The second-order valence-corrected chi connectivity index (χ2v) is 5.37. The highest BCUT2D eigenvalue weighted by Gasteiger charge is 2.42. The van der Waals surface area contributed by atoms with Crippen LogP contribution in [0, 0.1) is 5.92 Å². The van der Waals surface area contributed by atoms with E-state index in [9.17, 15) is 19.5 Å². The number of aliphatic imine (C=N–C) groups is 1. The van der Waals surface area contributed by atoms with E-state index >= 15 is 0 Å². The second-order valence-electron chi connectivity index (χ2n) is 4.38. The molecule has 0 saturated heterocycles. The molecule has 2 aliphatic rings. The molecular weight excluding hydrogens is 280 g/mol. The first-order valence-corrected chi connectivity index (χ1v) is 7.48. The number of hydrogen-bond acceptors (Lipinski definition) is 4. The molecule has 0 radical (unpaired) electrons. The zero-order valence-corrected chi connectivity index (χ0v) is 11.7. The Balaban J connectivity index is 2.31. The molecular formula is C13H14N2O4S. The van der Waals surface area contributed by atoms with Gasteiger partial charge in [-0.15, -0.1) is 0 Å². The van der Waals surface area contributed by atoms with E-state index in [0.717, 1.165) is 4.90 Å². The van der Waals surface area contributed by atoms with Gasteiger partial charge in [-0.1, -0.05) is 18.2 Å². The maximum Gasteiger partial charge on any atom is 0.351 e. The summed E-state index contributed by atoms with van der Waals surface area (Å²) in [5, 5.41) is 9.25. The number of thioether (sulfide) groups is 1. The number of carbonyl (C=O) groups excluding carboxylic acids is 2. The van der Waals surface area contributed by atoms with Gasteiger partial charge < -0.3 is 5.11 Å². The summed E-state index contributed by atoms with van der Waals surface area (Å²) >= 11 is 1.46. The highest BCUT2D eigenvalue weighted by molar-refractivity contribution is 7.98. The minimum Gasteiger partial charge on any atom is -0.480 e. The van der Waals surface area contributed by atoms with E-state index in [-0.39, 0.29) is 6.42 Å². The highest BCUT2D eigenvalue weighted by Crippen LogP contribution is 2.23. The third-order valence-electron chi connectivity index (χ3n) is 3.13. The van der Waals surface area contributed by atoms with Crippen molar-refractivity contribution in [2.45, 2.75) is 12.5 Å². The van der Waals surface area contributed by atoms with Crippen molar-refractivity contribution < 1.29 is 19.5 Å². The van der Waals surface area contributed by atoms with Crippen LogP contribution >= 0.6 is 11.8 Å². The van der Waals surface area contributed by atoms with Crippen LogP contribution in [-0.2, 0) is 9.59 Å². The lowest BCUT2D eigenvalue weighted by atomic mass is 9.94. The fourth-order valence-electron chi connectivity index (χ4n) is 2.14. The molecule has 3 amide bonds.